The number of hydrogen-bond acceptors (Lipinski definition) is 5. The van der Waals surface area contributed by atoms with Crippen LogP contribution in [-0.4, -0.2) is 54.2 Å². The molecule has 1 fully saturated rings. The first-order chi connectivity index (χ1) is 12.1. The molecule has 1 aromatic carbocycles. The lowest BCUT2D eigenvalue weighted by atomic mass is 10.1. The number of pyridine rings is 1. The normalized spacial score (nSPS) is 14.9. The van der Waals surface area contributed by atoms with Crippen LogP contribution in [0.4, 0.5) is 5.82 Å². The summed E-state index contributed by atoms with van der Waals surface area (Å²) in [6.45, 7) is 5.91. The number of hydrazone groups is 1. The lowest BCUT2D eigenvalue weighted by Gasteiger charge is -2.14. The molecule has 1 aliphatic rings. The summed E-state index contributed by atoms with van der Waals surface area (Å²) >= 11 is 0. The van der Waals surface area contributed by atoms with Crippen molar-refractivity contribution >= 4 is 35.3 Å². The molecule has 0 unspecified atom stereocenters. The van der Waals surface area contributed by atoms with Gasteiger partial charge in [0.05, 0.1) is 6.54 Å². The van der Waals surface area contributed by atoms with Crippen LogP contribution in [0.5, 0.6) is 0 Å². The smallest absolute Gasteiger partial charge is 0.239 e. The minimum Gasteiger partial charge on any atom is -0.310 e. The van der Waals surface area contributed by atoms with Gasteiger partial charge in [-0.2, -0.15) is 5.10 Å². The van der Waals surface area contributed by atoms with E-state index in [4.69, 9.17) is 0 Å². The Bertz CT molecular complexity index is 796. The van der Waals surface area contributed by atoms with Crippen molar-refractivity contribution in [3.63, 3.8) is 0 Å². The maximum Gasteiger partial charge on any atom is 0.239 e. The molecule has 2 heterocycles. The van der Waals surface area contributed by atoms with Gasteiger partial charge in [0.25, 0.3) is 0 Å². The zero-order valence-electron chi connectivity index (χ0n) is 14.5. The van der Waals surface area contributed by atoms with Crippen molar-refractivity contribution in [1.29, 1.82) is 0 Å². The van der Waals surface area contributed by atoms with Gasteiger partial charge in [-0.25, -0.2) is 4.98 Å². The first-order valence-corrected chi connectivity index (χ1v) is 8.44. The molecule has 130 valence electrons. The predicted molar refractivity (Wildman–Crippen MR) is 102 cm³/mol. The van der Waals surface area contributed by atoms with Crippen molar-refractivity contribution in [1.82, 2.24) is 14.9 Å². The van der Waals surface area contributed by atoms with Gasteiger partial charge in [0.1, 0.15) is 5.82 Å². The van der Waals surface area contributed by atoms with Crippen molar-refractivity contribution in [3.05, 3.63) is 42.2 Å². The molecule has 0 atom stereocenters. The standard InChI is InChI=1S/C19H23N5O/c1-20-23(2)10-7-15-5-6-16-13-21-18(12-17(16)11-15)22-19(25)14-24-8-3-4-9-24/h5-7,10-13H,1,3-4,8-9,14H2,2H3,(H,21,22,25)/b10-7+. The Morgan fingerprint density at radius 3 is 2.92 bits per heavy atom. The van der Waals surface area contributed by atoms with Crippen LogP contribution in [0.2, 0.25) is 0 Å². The number of nitrogens with one attached hydrogen (secondary N) is 1. The van der Waals surface area contributed by atoms with Crippen LogP contribution in [0.1, 0.15) is 18.4 Å². The molecule has 0 bridgehead atoms. The molecule has 0 aliphatic carbocycles. The Balaban J connectivity index is 1.72. The van der Waals surface area contributed by atoms with Gasteiger partial charge in [-0.1, -0.05) is 12.1 Å². The number of benzene rings is 1. The van der Waals surface area contributed by atoms with E-state index >= 15 is 0 Å². The Kier molecular flexibility index (Phi) is 5.40. The molecule has 1 aromatic heterocycles. The Labute approximate surface area is 147 Å². The summed E-state index contributed by atoms with van der Waals surface area (Å²) in [5.41, 5.74) is 1.04. The second-order valence-electron chi connectivity index (χ2n) is 6.24. The van der Waals surface area contributed by atoms with Crippen molar-refractivity contribution in [2.24, 2.45) is 5.10 Å². The van der Waals surface area contributed by atoms with Crippen LogP contribution >= 0.6 is 0 Å². The second-order valence-corrected chi connectivity index (χ2v) is 6.24. The number of carbonyl (C=O) groups is 1. The zero-order valence-corrected chi connectivity index (χ0v) is 14.5. The topological polar surface area (TPSA) is 60.8 Å². The Morgan fingerprint density at radius 1 is 1.36 bits per heavy atom. The van der Waals surface area contributed by atoms with E-state index in [1.54, 1.807) is 11.2 Å². The molecule has 0 saturated carbocycles. The van der Waals surface area contributed by atoms with Gasteiger partial charge >= 0.3 is 0 Å². The first-order valence-electron chi connectivity index (χ1n) is 8.44. The molecule has 1 saturated heterocycles. The summed E-state index contributed by atoms with van der Waals surface area (Å²) < 4.78 is 0. The third-order valence-corrected chi connectivity index (χ3v) is 4.28. The summed E-state index contributed by atoms with van der Waals surface area (Å²) in [5, 5.41) is 10.4. The number of rotatable bonds is 6. The monoisotopic (exact) mass is 337 g/mol. The van der Waals surface area contributed by atoms with Gasteiger partial charge in [0.15, 0.2) is 0 Å². The van der Waals surface area contributed by atoms with E-state index in [9.17, 15) is 4.79 Å². The molecular formula is C19H23N5O. The van der Waals surface area contributed by atoms with Crippen LogP contribution < -0.4 is 5.32 Å². The number of fused-ring (bicyclic) bond motifs is 1. The Hall–Kier alpha value is -2.73. The van der Waals surface area contributed by atoms with E-state index in [0.29, 0.717) is 12.4 Å². The maximum atomic E-state index is 12.2. The van der Waals surface area contributed by atoms with Crippen LogP contribution in [0.25, 0.3) is 16.8 Å². The minimum atomic E-state index is -0.0107. The summed E-state index contributed by atoms with van der Waals surface area (Å²) in [4.78, 5) is 18.7. The number of anilines is 1. The number of amides is 1. The van der Waals surface area contributed by atoms with Gasteiger partial charge in [-0.05, 0) is 55.1 Å². The van der Waals surface area contributed by atoms with E-state index < -0.39 is 0 Å². The molecule has 25 heavy (non-hydrogen) atoms. The average Bonchev–Trinajstić information content (AvgIpc) is 3.12. The summed E-state index contributed by atoms with van der Waals surface area (Å²) in [5.74, 6) is 0.575. The molecule has 2 aromatic rings. The van der Waals surface area contributed by atoms with E-state index in [2.05, 4.69) is 33.1 Å². The Morgan fingerprint density at radius 2 is 2.16 bits per heavy atom. The average molecular weight is 337 g/mol. The quantitative estimate of drug-likeness (QED) is 0.650. The maximum absolute atomic E-state index is 12.2. The highest BCUT2D eigenvalue weighted by atomic mass is 16.2. The fourth-order valence-electron chi connectivity index (χ4n) is 2.90. The van der Waals surface area contributed by atoms with Crippen molar-refractivity contribution in [2.45, 2.75) is 12.8 Å². The molecule has 3 rings (SSSR count). The van der Waals surface area contributed by atoms with Gasteiger partial charge < -0.3 is 5.32 Å². The highest BCUT2D eigenvalue weighted by molar-refractivity contribution is 5.94. The largest absolute Gasteiger partial charge is 0.310 e. The van der Waals surface area contributed by atoms with Crippen molar-refractivity contribution in [3.8, 4) is 0 Å². The lowest BCUT2D eigenvalue weighted by Crippen LogP contribution is -2.31. The minimum absolute atomic E-state index is 0.0107. The molecule has 1 N–H and O–H groups in total. The highest BCUT2D eigenvalue weighted by Gasteiger charge is 2.15. The molecule has 6 nitrogen and oxygen atoms in total. The molecule has 0 spiro atoms. The number of carbonyl (C=O) groups excluding carboxylic acids is 1. The van der Waals surface area contributed by atoms with Gasteiger partial charge in [0.2, 0.25) is 5.91 Å². The molecule has 0 radical (unpaired) electrons. The third-order valence-electron chi connectivity index (χ3n) is 4.28. The van der Waals surface area contributed by atoms with Crippen molar-refractivity contribution < 1.29 is 4.79 Å². The number of nitrogens with zero attached hydrogens (tertiary/aromatic N) is 4. The lowest BCUT2D eigenvalue weighted by molar-refractivity contribution is -0.117. The molecular weight excluding hydrogens is 314 g/mol. The molecule has 1 amide bonds. The second kappa shape index (κ2) is 7.90. The van der Waals surface area contributed by atoms with Gasteiger partial charge in [0, 0.05) is 31.5 Å². The van der Waals surface area contributed by atoms with Gasteiger partial charge in [-0.3, -0.25) is 14.7 Å². The summed E-state index contributed by atoms with van der Waals surface area (Å²) in [6, 6.07) is 7.99. The number of likely N-dealkylation sites (tertiary alicyclic amines) is 1. The molecule has 1 aliphatic heterocycles. The van der Waals surface area contributed by atoms with Crippen LogP contribution in [0.15, 0.2) is 41.8 Å². The van der Waals surface area contributed by atoms with Crippen molar-refractivity contribution in [2.75, 3.05) is 32.0 Å². The van der Waals surface area contributed by atoms with E-state index in [1.807, 2.05) is 37.5 Å². The number of hydrogen-bond donors (Lipinski definition) is 1. The number of aromatic nitrogens is 1. The summed E-state index contributed by atoms with van der Waals surface area (Å²) in [6.07, 6.45) is 7.93. The fourth-order valence-corrected chi connectivity index (χ4v) is 2.90. The predicted octanol–water partition coefficient (Wildman–Crippen LogP) is 2.79. The van der Waals surface area contributed by atoms with Crippen LogP contribution in [-0.2, 0) is 4.79 Å². The van der Waals surface area contributed by atoms with Crippen LogP contribution in [0, 0.1) is 0 Å². The van der Waals surface area contributed by atoms with E-state index in [1.165, 1.54) is 12.8 Å². The zero-order chi connectivity index (χ0) is 17.6. The third kappa shape index (κ3) is 4.64. The first kappa shape index (κ1) is 17.1. The van der Waals surface area contributed by atoms with E-state index in [-0.39, 0.29) is 5.91 Å². The van der Waals surface area contributed by atoms with E-state index in [0.717, 1.165) is 29.4 Å². The van der Waals surface area contributed by atoms with Gasteiger partial charge in [-0.15, -0.1) is 0 Å². The molecule has 6 heteroatoms. The van der Waals surface area contributed by atoms with Crippen LogP contribution in [0.3, 0.4) is 0 Å². The SMILES string of the molecule is C=NN(C)/C=C/c1ccc2cnc(NC(=O)CN3CCCC3)cc2c1. The highest BCUT2D eigenvalue weighted by Crippen LogP contribution is 2.19. The fraction of sp³-hybridized carbons (Fsp3) is 0.316. The summed E-state index contributed by atoms with van der Waals surface area (Å²) in [7, 11) is 1.82.